The van der Waals surface area contributed by atoms with E-state index < -0.39 is 0 Å². The zero-order valence-corrected chi connectivity index (χ0v) is 9.21. The molecule has 0 aliphatic carbocycles. The molecule has 15 heavy (non-hydrogen) atoms. The molecular weight excluding hydrogens is 202 g/mol. The van der Waals surface area contributed by atoms with E-state index in [0.29, 0.717) is 0 Å². The van der Waals surface area contributed by atoms with E-state index in [2.05, 4.69) is 46.8 Å². The molecule has 1 heterocycles. The molecule has 76 valence electrons. The Morgan fingerprint density at radius 2 is 2.00 bits per heavy atom. The highest BCUT2D eigenvalue weighted by atomic mass is 32.2. The van der Waals surface area contributed by atoms with E-state index in [1.807, 2.05) is 30.2 Å². The van der Waals surface area contributed by atoms with Crippen LogP contribution in [0.25, 0.3) is 6.08 Å². The maximum atomic E-state index is 3.03. The second kappa shape index (κ2) is 5.47. The fraction of sp³-hybridized carbons (Fsp3) is 0.0769. The summed E-state index contributed by atoms with van der Waals surface area (Å²) in [5.41, 5.74) is 2.58. The van der Waals surface area contributed by atoms with Gasteiger partial charge >= 0.3 is 0 Å². The zero-order valence-electron chi connectivity index (χ0n) is 8.39. The Labute approximate surface area is 94.2 Å². The van der Waals surface area contributed by atoms with Crippen molar-refractivity contribution in [3.63, 3.8) is 0 Å². The minimum Gasteiger partial charge on any atom is -0.367 e. The first-order chi connectivity index (χ1) is 7.45. The van der Waals surface area contributed by atoms with Crippen molar-refractivity contribution in [2.45, 2.75) is 5.75 Å². The molecule has 0 spiro atoms. The third-order valence-corrected chi connectivity index (χ3v) is 2.90. The Kier molecular flexibility index (Phi) is 3.69. The van der Waals surface area contributed by atoms with Crippen molar-refractivity contribution in [3.8, 4) is 0 Å². The van der Waals surface area contributed by atoms with Crippen molar-refractivity contribution >= 4 is 17.8 Å². The van der Waals surface area contributed by atoms with Gasteiger partial charge in [0.1, 0.15) is 0 Å². The SMILES string of the molecule is C(=C\c1cc[nH]c1)/SCc1ccccc1. The van der Waals surface area contributed by atoms with Gasteiger partial charge in [-0.3, -0.25) is 0 Å². The van der Waals surface area contributed by atoms with Crippen LogP contribution in [0.1, 0.15) is 11.1 Å². The molecule has 0 saturated heterocycles. The monoisotopic (exact) mass is 215 g/mol. The van der Waals surface area contributed by atoms with Gasteiger partial charge in [-0.05, 0) is 28.7 Å². The van der Waals surface area contributed by atoms with Gasteiger partial charge in [-0.25, -0.2) is 0 Å². The van der Waals surface area contributed by atoms with Crippen molar-refractivity contribution in [1.82, 2.24) is 4.98 Å². The fourth-order valence-corrected chi connectivity index (χ4v) is 2.02. The molecule has 0 radical (unpaired) electrons. The van der Waals surface area contributed by atoms with E-state index in [4.69, 9.17) is 0 Å². The average molecular weight is 215 g/mol. The molecule has 2 aromatic rings. The topological polar surface area (TPSA) is 15.8 Å². The molecule has 0 aliphatic rings. The summed E-state index contributed by atoms with van der Waals surface area (Å²) in [6, 6.07) is 12.6. The lowest BCUT2D eigenvalue weighted by Gasteiger charge is -1.95. The number of benzene rings is 1. The highest BCUT2D eigenvalue weighted by Crippen LogP contribution is 2.14. The van der Waals surface area contributed by atoms with Crippen molar-refractivity contribution in [3.05, 3.63) is 65.3 Å². The zero-order chi connectivity index (χ0) is 10.3. The Morgan fingerprint density at radius 1 is 1.13 bits per heavy atom. The van der Waals surface area contributed by atoms with Gasteiger partial charge < -0.3 is 4.98 Å². The van der Waals surface area contributed by atoms with Crippen LogP contribution >= 0.6 is 11.8 Å². The molecule has 0 amide bonds. The molecule has 1 nitrogen and oxygen atoms in total. The first-order valence-electron chi connectivity index (χ1n) is 4.90. The van der Waals surface area contributed by atoms with Gasteiger partial charge in [-0.1, -0.05) is 30.3 Å². The van der Waals surface area contributed by atoms with E-state index in [9.17, 15) is 0 Å². The predicted octanol–water partition coefficient (Wildman–Crippen LogP) is 3.92. The number of thioether (sulfide) groups is 1. The molecule has 1 N–H and O–H groups in total. The highest BCUT2D eigenvalue weighted by molar-refractivity contribution is 8.01. The second-order valence-electron chi connectivity index (χ2n) is 3.24. The van der Waals surface area contributed by atoms with Gasteiger partial charge in [0.2, 0.25) is 0 Å². The summed E-state index contributed by atoms with van der Waals surface area (Å²) in [5.74, 6) is 1.03. The highest BCUT2D eigenvalue weighted by Gasteiger charge is 1.89. The third-order valence-electron chi connectivity index (χ3n) is 2.07. The van der Waals surface area contributed by atoms with Crippen LogP contribution in [0.2, 0.25) is 0 Å². The normalized spacial score (nSPS) is 10.9. The van der Waals surface area contributed by atoms with Crippen molar-refractivity contribution in [2.24, 2.45) is 0 Å². The van der Waals surface area contributed by atoms with Crippen LogP contribution in [0, 0.1) is 0 Å². The number of rotatable bonds is 4. The molecule has 1 aromatic carbocycles. The molecule has 2 heteroatoms. The Hall–Kier alpha value is -1.41. The first kappa shape index (κ1) is 10.1. The lowest BCUT2D eigenvalue weighted by atomic mass is 10.2. The van der Waals surface area contributed by atoms with Gasteiger partial charge in [0, 0.05) is 18.1 Å². The van der Waals surface area contributed by atoms with Crippen LogP contribution in [0.4, 0.5) is 0 Å². The van der Waals surface area contributed by atoms with E-state index in [-0.39, 0.29) is 0 Å². The van der Waals surface area contributed by atoms with Crippen molar-refractivity contribution in [1.29, 1.82) is 0 Å². The van der Waals surface area contributed by atoms with Gasteiger partial charge in [-0.15, -0.1) is 11.8 Å². The number of nitrogens with one attached hydrogen (secondary N) is 1. The molecule has 0 atom stereocenters. The number of hydrogen-bond acceptors (Lipinski definition) is 1. The summed E-state index contributed by atoms with van der Waals surface area (Å²) in [4.78, 5) is 3.03. The van der Waals surface area contributed by atoms with Gasteiger partial charge in [-0.2, -0.15) is 0 Å². The van der Waals surface area contributed by atoms with Gasteiger partial charge in [0.15, 0.2) is 0 Å². The maximum Gasteiger partial charge on any atom is 0.0226 e. The minimum absolute atomic E-state index is 1.03. The molecule has 0 saturated carbocycles. The summed E-state index contributed by atoms with van der Waals surface area (Å²) >= 11 is 1.81. The summed E-state index contributed by atoms with van der Waals surface area (Å²) < 4.78 is 0. The van der Waals surface area contributed by atoms with Crippen LogP contribution in [-0.2, 0) is 5.75 Å². The second-order valence-corrected chi connectivity index (χ2v) is 4.14. The Morgan fingerprint density at radius 3 is 2.73 bits per heavy atom. The minimum atomic E-state index is 1.03. The quantitative estimate of drug-likeness (QED) is 0.817. The summed E-state index contributed by atoms with van der Waals surface area (Å²) in [5, 5.41) is 2.14. The standard InChI is InChI=1S/C13H13NS/c1-2-4-13(5-3-1)11-15-9-7-12-6-8-14-10-12/h1-10,14H,11H2/b9-7+. The Bertz CT molecular complexity index is 403. The van der Waals surface area contributed by atoms with Crippen LogP contribution in [-0.4, -0.2) is 4.98 Å². The number of aromatic amines is 1. The van der Waals surface area contributed by atoms with Crippen LogP contribution in [0.3, 0.4) is 0 Å². The molecular formula is C13H13NS. The molecule has 0 fully saturated rings. The maximum absolute atomic E-state index is 3.03. The van der Waals surface area contributed by atoms with Gasteiger partial charge in [0.25, 0.3) is 0 Å². The third kappa shape index (κ3) is 3.33. The van der Waals surface area contributed by atoms with Crippen molar-refractivity contribution < 1.29 is 0 Å². The van der Waals surface area contributed by atoms with Gasteiger partial charge in [0.05, 0.1) is 0 Å². The number of aromatic nitrogens is 1. The average Bonchev–Trinajstić information content (AvgIpc) is 2.79. The van der Waals surface area contributed by atoms with E-state index in [1.54, 1.807) is 0 Å². The Balaban J connectivity index is 1.80. The van der Waals surface area contributed by atoms with Crippen LogP contribution < -0.4 is 0 Å². The summed E-state index contributed by atoms with van der Waals surface area (Å²) in [7, 11) is 0. The summed E-state index contributed by atoms with van der Waals surface area (Å²) in [6.07, 6.45) is 6.03. The number of H-pyrrole nitrogens is 1. The lowest BCUT2D eigenvalue weighted by molar-refractivity contribution is 1.41. The molecule has 1 aromatic heterocycles. The fourth-order valence-electron chi connectivity index (χ4n) is 1.29. The lowest BCUT2D eigenvalue weighted by Crippen LogP contribution is -1.75. The predicted molar refractivity (Wildman–Crippen MR) is 67.6 cm³/mol. The summed E-state index contributed by atoms with van der Waals surface area (Å²) in [6.45, 7) is 0. The van der Waals surface area contributed by atoms with Crippen LogP contribution in [0.15, 0.2) is 54.2 Å². The first-order valence-corrected chi connectivity index (χ1v) is 5.95. The van der Waals surface area contributed by atoms with Crippen molar-refractivity contribution in [2.75, 3.05) is 0 Å². The van der Waals surface area contributed by atoms with E-state index in [1.165, 1.54) is 11.1 Å². The molecule has 2 rings (SSSR count). The number of hydrogen-bond donors (Lipinski definition) is 1. The van der Waals surface area contributed by atoms with Crippen LogP contribution in [0.5, 0.6) is 0 Å². The largest absolute Gasteiger partial charge is 0.367 e. The smallest absolute Gasteiger partial charge is 0.0226 e. The molecule has 0 bridgehead atoms. The molecule has 0 aliphatic heterocycles. The van der Waals surface area contributed by atoms with E-state index in [0.717, 1.165) is 5.75 Å². The van der Waals surface area contributed by atoms with E-state index >= 15 is 0 Å². The molecule has 0 unspecified atom stereocenters.